The molecule has 0 bridgehead atoms. The van der Waals surface area contributed by atoms with Crippen molar-refractivity contribution in [1.82, 2.24) is 10.3 Å². The van der Waals surface area contributed by atoms with Crippen LogP contribution in [0.15, 0.2) is 30.3 Å². The minimum atomic E-state index is -0.144. The first kappa shape index (κ1) is 13.7. The van der Waals surface area contributed by atoms with Gasteiger partial charge in [-0.15, -0.1) is 0 Å². The summed E-state index contributed by atoms with van der Waals surface area (Å²) < 4.78 is 0. The maximum Gasteiger partial charge on any atom is 0.269 e. The first-order valence-electron chi connectivity index (χ1n) is 6.65. The third-order valence-electron chi connectivity index (χ3n) is 3.50. The van der Waals surface area contributed by atoms with Gasteiger partial charge in [0.2, 0.25) is 0 Å². The molecule has 1 amide bonds. The van der Waals surface area contributed by atoms with Crippen LogP contribution in [-0.4, -0.2) is 28.9 Å². The van der Waals surface area contributed by atoms with Gasteiger partial charge in [-0.05, 0) is 35.3 Å². The summed E-state index contributed by atoms with van der Waals surface area (Å²) in [6.07, 6.45) is 1.18. The van der Waals surface area contributed by atoms with E-state index in [1.807, 2.05) is 36.0 Å². The number of carbonyl (C=O) groups is 1. The van der Waals surface area contributed by atoms with E-state index in [0.717, 1.165) is 23.1 Å². The van der Waals surface area contributed by atoms with E-state index in [2.05, 4.69) is 10.3 Å². The standard InChI is InChI=1S/C15H15ClN2OS/c16-14-12-4-2-1-3-11(12)7-13(18-14)15(19)17-8-10-5-6-20-9-10/h1-4,7,10H,5-6,8-9H2,(H,17,19). The maximum absolute atomic E-state index is 12.2. The Hall–Kier alpha value is -1.26. The van der Waals surface area contributed by atoms with Gasteiger partial charge in [-0.1, -0.05) is 35.9 Å². The number of benzene rings is 1. The molecule has 0 spiro atoms. The van der Waals surface area contributed by atoms with Crippen molar-refractivity contribution >= 4 is 40.0 Å². The molecule has 3 rings (SSSR count). The average Bonchev–Trinajstić information content (AvgIpc) is 2.98. The van der Waals surface area contributed by atoms with Crippen LogP contribution in [0.3, 0.4) is 0 Å². The Bertz CT molecular complexity index is 641. The summed E-state index contributed by atoms with van der Waals surface area (Å²) in [5.74, 6) is 2.77. The normalized spacial score (nSPS) is 18.4. The number of halogens is 1. The fourth-order valence-corrected chi connectivity index (χ4v) is 3.89. The Morgan fingerprint density at radius 2 is 2.30 bits per heavy atom. The SMILES string of the molecule is O=C(NCC1CCSC1)c1cc2ccccc2c(Cl)n1. The Kier molecular flexibility index (Phi) is 4.13. The molecule has 20 heavy (non-hydrogen) atoms. The van der Waals surface area contributed by atoms with Gasteiger partial charge in [-0.2, -0.15) is 11.8 Å². The quantitative estimate of drug-likeness (QED) is 0.884. The second kappa shape index (κ2) is 6.02. The van der Waals surface area contributed by atoms with E-state index in [9.17, 15) is 4.79 Å². The van der Waals surface area contributed by atoms with Gasteiger partial charge in [0, 0.05) is 11.9 Å². The van der Waals surface area contributed by atoms with Gasteiger partial charge < -0.3 is 5.32 Å². The Morgan fingerprint density at radius 3 is 3.10 bits per heavy atom. The Morgan fingerprint density at radius 1 is 1.45 bits per heavy atom. The highest BCUT2D eigenvalue weighted by Gasteiger charge is 2.17. The van der Waals surface area contributed by atoms with Crippen LogP contribution in [-0.2, 0) is 0 Å². The topological polar surface area (TPSA) is 42.0 Å². The van der Waals surface area contributed by atoms with Crippen LogP contribution in [0.25, 0.3) is 10.8 Å². The number of pyridine rings is 1. The molecule has 1 unspecified atom stereocenters. The summed E-state index contributed by atoms with van der Waals surface area (Å²) in [6, 6.07) is 9.47. The van der Waals surface area contributed by atoms with Crippen molar-refractivity contribution in [3.63, 3.8) is 0 Å². The number of nitrogens with zero attached hydrogens (tertiary/aromatic N) is 1. The smallest absolute Gasteiger partial charge is 0.269 e. The molecule has 0 aliphatic carbocycles. The number of thioether (sulfide) groups is 1. The van der Waals surface area contributed by atoms with Crippen molar-refractivity contribution in [2.75, 3.05) is 18.1 Å². The van der Waals surface area contributed by atoms with Gasteiger partial charge >= 0.3 is 0 Å². The van der Waals surface area contributed by atoms with Crippen LogP contribution in [0.2, 0.25) is 5.15 Å². The zero-order chi connectivity index (χ0) is 13.9. The average molecular weight is 307 g/mol. The lowest BCUT2D eigenvalue weighted by atomic mass is 10.1. The molecule has 2 aromatic rings. The highest BCUT2D eigenvalue weighted by atomic mass is 35.5. The number of carbonyl (C=O) groups excluding carboxylic acids is 1. The molecule has 104 valence electrons. The van der Waals surface area contributed by atoms with E-state index in [-0.39, 0.29) is 5.91 Å². The van der Waals surface area contributed by atoms with Gasteiger partial charge in [0.15, 0.2) is 0 Å². The summed E-state index contributed by atoms with van der Waals surface area (Å²) in [5, 5.41) is 5.15. The first-order valence-corrected chi connectivity index (χ1v) is 8.18. The molecule has 1 atom stereocenters. The molecule has 1 aliphatic heterocycles. The minimum Gasteiger partial charge on any atom is -0.350 e. The molecular weight excluding hydrogens is 292 g/mol. The lowest BCUT2D eigenvalue weighted by molar-refractivity contribution is 0.0943. The summed E-state index contributed by atoms with van der Waals surface area (Å²) in [6.45, 7) is 0.720. The lowest BCUT2D eigenvalue weighted by Crippen LogP contribution is -2.29. The predicted molar refractivity (Wildman–Crippen MR) is 84.5 cm³/mol. The number of fused-ring (bicyclic) bond motifs is 1. The second-order valence-electron chi connectivity index (χ2n) is 4.96. The highest BCUT2D eigenvalue weighted by Crippen LogP contribution is 2.24. The molecule has 0 radical (unpaired) electrons. The van der Waals surface area contributed by atoms with Gasteiger partial charge in [0.25, 0.3) is 5.91 Å². The highest BCUT2D eigenvalue weighted by molar-refractivity contribution is 7.99. The number of rotatable bonds is 3. The molecular formula is C15H15ClN2OS. The summed E-state index contributed by atoms with van der Waals surface area (Å²) in [4.78, 5) is 16.4. The Labute approximate surface area is 127 Å². The van der Waals surface area contributed by atoms with Crippen LogP contribution < -0.4 is 5.32 Å². The lowest BCUT2D eigenvalue weighted by Gasteiger charge is -2.10. The third kappa shape index (κ3) is 2.91. The third-order valence-corrected chi connectivity index (χ3v) is 5.02. The number of aromatic nitrogens is 1. The van der Waals surface area contributed by atoms with E-state index in [1.54, 1.807) is 6.07 Å². The number of nitrogens with one attached hydrogen (secondary N) is 1. The van der Waals surface area contributed by atoms with E-state index >= 15 is 0 Å². The fraction of sp³-hybridized carbons (Fsp3) is 0.333. The predicted octanol–water partition coefficient (Wildman–Crippen LogP) is 3.37. The zero-order valence-corrected chi connectivity index (χ0v) is 12.5. The largest absolute Gasteiger partial charge is 0.350 e. The van der Waals surface area contributed by atoms with Gasteiger partial charge in [-0.3, -0.25) is 4.79 Å². The molecule has 1 saturated heterocycles. The summed E-state index contributed by atoms with van der Waals surface area (Å²) >= 11 is 8.09. The van der Waals surface area contributed by atoms with Crippen LogP contribution in [0.4, 0.5) is 0 Å². The van der Waals surface area contributed by atoms with Gasteiger partial charge in [-0.25, -0.2) is 4.98 Å². The van der Waals surface area contributed by atoms with Gasteiger partial charge in [0.1, 0.15) is 10.8 Å². The maximum atomic E-state index is 12.2. The van der Waals surface area contributed by atoms with Crippen molar-refractivity contribution in [3.8, 4) is 0 Å². The molecule has 2 heterocycles. The molecule has 1 aliphatic rings. The van der Waals surface area contributed by atoms with Crippen LogP contribution >= 0.6 is 23.4 Å². The monoisotopic (exact) mass is 306 g/mol. The van der Waals surface area contributed by atoms with Crippen molar-refractivity contribution in [2.24, 2.45) is 5.92 Å². The molecule has 1 N–H and O–H groups in total. The second-order valence-corrected chi connectivity index (χ2v) is 6.47. The van der Waals surface area contributed by atoms with Crippen LogP contribution in [0.5, 0.6) is 0 Å². The Balaban J connectivity index is 1.77. The van der Waals surface area contributed by atoms with E-state index in [4.69, 9.17) is 11.6 Å². The fourth-order valence-electron chi connectivity index (χ4n) is 2.34. The summed E-state index contributed by atoms with van der Waals surface area (Å²) in [5.41, 5.74) is 0.388. The first-order chi connectivity index (χ1) is 9.74. The van der Waals surface area contributed by atoms with E-state index in [0.29, 0.717) is 16.8 Å². The van der Waals surface area contributed by atoms with E-state index < -0.39 is 0 Å². The van der Waals surface area contributed by atoms with Crippen molar-refractivity contribution in [3.05, 3.63) is 41.2 Å². The zero-order valence-electron chi connectivity index (χ0n) is 10.9. The van der Waals surface area contributed by atoms with Crippen LogP contribution in [0, 0.1) is 5.92 Å². The van der Waals surface area contributed by atoms with Gasteiger partial charge in [0.05, 0.1) is 0 Å². The molecule has 1 fully saturated rings. The van der Waals surface area contributed by atoms with Crippen molar-refractivity contribution in [2.45, 2.75) is 6.42 Å². The van der Waals surface area contributed by atoms with Crippen LogP contribution in [0.1, 0.15) is 16.9 Å². The summed E-state index contributed by atoms with van der Waals surface area (Å²) in [7, 11) is 0. The number of hydrogen-bond donors (Lipinski definition) is 1. The molecule has 5 heteroatoms. The molecule has 1 aromatic carbocycles. The molecule has 1 aromatic heterocycles. The number of amides is 1. The molecule has 3 nitrogen and oxygen atoms in total. The molecule has 0 saturated carbocycles. The number of hydrogen-bond acceptors (Lipinski definition) is 3. The van der Waals surface area contributed by atoms with E-state index in [1.165, 1.54) is 12.2 Å². The van der Waals surface area contributed by atoms with Crippen molar-refractivity contribution < 1.29 is 4.79 Å². The minimum absolute atomic E-state index is 0.144. The van der Waals surface area contributed by atoms with Crippen molar-refractivity contribution in [1.29, 1.82) is 0 Å².